The van der Waals surface area contributed by atoms with Crippen molar-refractivity contribution in [3.05, 3.63) is 23.3 Å². The molecule has 0 aromatic carbocycles. The highest BCUT2D eigenvalue weighted by molar-refractivity contribution is 6.04. The van der Waals surface area contributed by atoms with Gasteiger partial charge in [-0.15, -0.1) is 0 Å². The molecule has 0 fully saturated rings. The number of esters is 1. The Kier molecular flexibility index (Phi) is 4.10. The molecule has 5 nitrogen and oxygen atoms in total. The molecular weight excluding hydrogens is 208 g/mol. The minimum atomic E-state index is -0.535. The van der Waals surface area contributed by atoms with Crippen molar-refractivity contribution in [2.24, 2.45) is 0 Å². The molecule has 1 aromatic rings. The molecule has 0 bridgehead atoms. The number of ether oxygens (including phenoxy) is 1. The maximum Gasteiger partial charge on any atom is 0.313 e. The van der Waals surface area contributed by atoms with Gasteiger partial charge in [0.05, 0.1) is 24.2 Å². The molecule has 1 rings (SSSR count). The summed E-state index contributed by atoms with van der Waals surface area (Å²) < 4.78 is 4.68. The molecular formula is C11H14N2O3. The van der Waals surface area contributed by atoms with Gasteiger partial charge in [-0.05, 0) is 20.8 Å². The molecule has 16 heavy (non-hydrogen) atoms. The van der Waals surface area contributed by atoms with Crippen LogP contribution >= 0.6 is 0 Å². The van der Waals surface area contributed by atoms with Crippen LogP contribution < -0.4 is 0 Å². The average molecular weight is 222 g/mol. The predicted molar refractivity (Wildman–Crippen MR) is 57.1 cm³/mol. The highest BCUT2D eigenvalue weighted by atomic mass is 16.5. The Bertz CT molecular complexity index is 416. The SMILES string of the molecule is CCOC(=O)CC(=O)c1cnc(C)c(C)n1. The first-order valence-corrected chi connectivity index (χ1v) is 5.03. The summed E-state index contributed by atoms with van der Waals surface area (Å²) in [7, 11) is 0. The van der Waals surface area contributed by atoms with Crippen molar-refractivity contribution in [2.75, 3.05) is 6.61 Å². The molecule has 0 radical (unpaired) electrons. The molecule has 0 atom stereocenters. The lowest BCUT2D eigenvalue weighted by molar-refractivity contribution is -0.141. The molecule has 0 aliphatic heterocycles. The molecule has 5 heteroatoms. The average Bonchev–Trinajstić information content (AvgIpc) is 2.22. The van der Waals surface area contributed by atoms with Gasteiger partial charge in [-0.1, -0.05) is 0 Å². The van der Waals surface area contributed by atoms with Crippen LogP contribution in [0.1, 0.15) is 35.2 Å². The van der Waals surface area contributed by atoms with Gasteiger partial charge in [0.1, 0.15) is 12.1 Å². The number of aromatic nitrogens is 2. The van der Waals surface area contributed by atoms with Crippen molar-refractivity contribution in [1.29, 1.82) is 0 Å². The molecule has 0 saturated carbocycles. The van der Waals surface area contributed by atoms with Gasteiger partial charge in [-0.3, -0.25) is 14.6 Å². The summed E-state index contributed by atoms with van der Waals surface area (Å²) in [5.74, 6) is -0.901. The third-order valence-corrected chi connectivity index (χ3v) is 2.09. The number of Topliss-reactive ketones (excluding diaryl/α,β-unsaturated/α-hetero) is 1. The van der Waals surface area contributed by atoms with Gasteiger partial charge in [0, 0.05) is 0 Å². The zero-order valence-electron chi connectivity index (χ0n) is 9.61. The number of nitrogens with zero attached hydrogens (tertiary/aromatic N) is 2. The van der Waals surface area contributed by atoms with Crippen LogP contribution in [0.15, 0.2) is 6.20 Å². The van der Waals surface area contributed by atoms with Crippen LogP contribution in [0.4, 0.5) is 0 Å². The van der Waals surface area contributed by atoms with Crippen molar-refractivity contribution in [1.82, 2.24) is 9.97 Å². The Morgan fingerprint density at radius 1 is 1.31 bits per heavy atom. The number of aryl methyl sites for hydroxylation is 2. The smallest absolute Gasteiger partial charge is 0.313 e. The van der Waals surface area contributed by atoms with E-state index in [1.165, 1.54) is 6.20 Å². The second-order valence-corrected chi connectivity index (χ2v) is 3.33. The Hall–Kier alpha value is -1.78. The van der Waals surface area contributed by atoms with Crippen LogP contribution in [0, 0.1) is 13.8 Å². The molecule has 86 valence electrons. The van der Waals surface area contributed by atoms with Crippen LogP contribution in [0.2, 0.25) is 0 Å². The van der Waals surface area contributed by atoms with Crippen LogP contribution in [-0.4, -0.2) is 28.3 Å². The Morgan fingerprint density at radius 3 is 2.56 bits per heavy atom. The predicted octanol–water partition coefficient (Wildman–Crippen LogP) is 1.23. The number of carbonyl (C=O) groups is 2. The third-order valence-electron chi connectivity index (χ3n) is 2.09. The quantitative estimate of drug-likeness (QED) is 0.435. The Labute approximate surface area is 93.9 Å². The second-order valence-electron chi connectivity index (χ2n) is 3.33. The molecule has 0 N–H and O–H groups in total. The maximum absolute atomic E-state index is 11.6. The van der Waals surface area contributed by atoms with Crippen LogP contribution in [0.5, 0.6) is 0 Å². The first kappa shape index (κ1) is 12.3. The molecule has 0 aliphatic carbocycles. The number of carbonyl (C=O) groups excluding carboxylic acids is 2. The van der Waals surface area contributed by atoms with E-state index in [0.717, 1.165) is 5.69 Å². The summed E-state index contributed by atoms with van der Waals surface area (Å²) in [6.07, 6.45) is 1.09. The first-order valence-electron chi connectivity index (χ1n) is 5.03. The number of hydrogen-bond acceptors (Lipinski definition) is 5. The van der Waals surface area contributed by atoms with E-state index in [1.54, 1.807) is 13.8 Å². The molecule has 0 unspecified atom stereocenters. The molecule has 0 amide bonds. The van der Waals surface area contributed by atoms with Gasteiger partial charge in [-0.25, -0.2) is 4.98 Å². The van der Waals surface area contributed by atoms with Crippen molar-refractivity contribution in [3.63, 3.8) is 0 Å². The van der Waals surface area contributed by atoms with E-state index < -0.39 is 5.97 Å². The topological polar surface area (TPSA) is 69.2 Å². The van der Waals surface area contributed by atoms with Gasteiger partial charge < -0.3 is 4.74 Å². The van der Waals surface area contributed by atoms with Crippen LogP contribution in [-0.2, 0) is 9.53 Å². The Balaban J connectivity index is 2.73. The van der Waals surface area contributed by atoms with Crippen molar-refractivity contribution in [2.45, 2.75) is 27.2 Å². The monoisotopic (exact) mass is 222 g/mol. The fourth-order valence-electron chi connectivity index (χ4n) is 1.11. The summed E-state index contributed by atoms with van der Waals surface area (Å²) in [6, 6.07) is 0. The summed E-state index contributed by atoms with van der Waals surface area (Å²) in [5.41, 5.74) is 1.67. The zero-order valence-corrected chi connectivity index (χ0v) is 9.61. The first-order chi connectivity index (χ1) is 7.54. The van der Waals surface area contributed by atoms with E-state index in [4.69, 9.17) is 0 Å². The van der Waals surface area contributed by atoms with Crippen molar-refractivity contribution >= 4 is 11.8 Å². The fourth-order valence-corrected chi connectivity index (χ4v) is 1.11. The van der Waals surface area contributed by atoms with Gasteiger partial charge in [0.15, 0.2) is 5.78 Å². The van der Waals surface area contributed by atoms with Crippen molar-refractivity contribution in [3.8, 4) is 0 Å². The van der Waals surface area contributed by atoms with E-state index in [2.05, 4.69) is 14.7 Å². The number of ketones is 1. The number of rotatable bonds is 4. The van der Waals surface area contributed by atoms with Gasteiger partial charge in [-0.2, -0.15) is 0 Å². The lowest BCUT2D eigenvalue weighted by atomic mass is 10.2. The molecule has 0 spiro atoms. The highest BCUT2D eigenvalue weighted by Gasteiger charge is 2.14. The largest absolute Gasteiger partial charge is 0.466 e. The van der Waals surface area contributed by atoms with Gasteiger partial charge in [0.2, 0.25) is 0 Å². The molecule has 1 heterocycles. The third kappa shape index (κ3) is 3.12. The summed E-state index contributed by atoms with van der Waals surface area (Å²) in [6.45, 7) is 5.54. The number of hydrogen-bond donors (Lipinski definition) is 0. The van der Waals surface area contributed by atoms with E-state index in [-0.39, 0.29) is 24.5 Å². The van der Waals surface area contributed by atoms with Crippen molar-refractivity contribution < 1.29 is 14.3 Å². The van der Waals surface area contributed by atoms with Gasteiger partial charge >= 0.3 is 5.97 Å². The zero-order chi connectivity index (χ0) is 12.1. The lowest BCUT2D eigenvalue weighted by Crippen LogP contribution is -2.13. The summed E-state index contributed by atoms with van der Waals surface area (Å²) in [4.78, 5) is 30.8. The Morgan fingerprint density at radius 2 is 2.00 bits per heavy atom. The minimum absolute atomic E-state index is 0.205. The van der Waals surface area contributed by atoms with Crippen LogP contribution in [0.25, 0.3) is 0 Å². The molecule has 1 aromatic heterocycles. The fraction of sp³-hybridized carbons (Fsp3) is 0.455. The minimum Gasteiger partial charge on any atom is -0.466 e. The van der Waals surface area contributed by atoms with Gasteiger partial charge in [0.25, 0.3) is 0 Å². The maximum atomic E-state index is 11.6. The van der Waals surface area contributed by atoms with E-state index in [0.29, 0.717) is 5.69 Å². The summed E-state index contributed by atoms with van der Waals surface area (Å²) in [5, 5.41) is 0. The second kappa shape index (κ2) is 5.34. The standard InChI is InChI=1S/C11H14N2O3/c1-4-16-11(15)5-10(14)9-6-12-7(2)8(3)13-9/h6H,4-5H2,1-3H3. The molecule has 0 saturated heterocycles. The van der Waals surface area contributed by atoms with E-state index in [9.17, 15) is 9.59 Å². The van der Waals surface area contributed by atoms with E-state index >= 15 is 0 Å². The molecule has 0 aliphatic rings. The summed E-state index contributed by atoms with van der Waals surface area (Å²) >= 11 is 0. The van der Waals surface area contributed by atoms with Crippen LogP contribution in [0.3, 0.4) is 0 Å². The highest BCUT2D eigenvalue weighted by Crippen LogP contribution is 2.04. The van der Waals surface area contributed by atoms with E-state index in [1.807, 2.05) is 6.92 Å². The normalized spacial score (nSPS) is 9.94. The lowest BCUT2D eigenvalue weighted by Gasteiger charge is -2.03.